The number of hydrogen-bond acceptors (Lipinski definition) is 5. The van der Waals surface area contributed by atoms with E-state index in [1.807, 2.05) is 0 Å². The summed E-state index contributed by atoms with van der Waals surface area (Å²) in [7, 11) is 0. The van der Waals surface area contributed by atoms with Crippen molar-refractivity contribution in [1.29, 1.82) is 0 Å². The summed E-state index contributed by atoms with van der Waals surface area (Å²) in [5, 5.41) is 9.71. The first kappa shape index (κ1) is 77.4. The molecule has 5 nitrogen and oxygen atoms in total. The number of hydrogen-bond donors (Lipinski definition) is 1. The Balaban J connectivity index is 3.36. The lowest BCUT2D eigenvalue weighted by molar-refractivity contribution is -0.161. The van der Waals surface area contributed by atoms with Crippen LogP contribution < -0.4 is 0 Å². The number of esters is 2. The van der Waals surface area contributed by atoms with Crippen LogP contribution in [0.2, 0.25) is 0 Å². The summed E-state index contributed by atoms with van der Waals surface area (Å²) in [4.78, 5) is 24.7. The summed E-state index contributed by atoms with van der Waals surface area (Å²) in [5.74, 6) is -0.562. The third kappa shape index (κ3) is 68.8. The Morgan fingerprint density at radius 1 is 0.291 bits per heavy atom. The summed E-state index contributed by atoms with van der Waals surface area (Å²) in [6, 6.07) is 0. The highest BCUT2D eigenvalue weighted by Gasteiger charge is 2.16. The molecule has 0 bridgehead atoms. The first-order valence-corrected chi connectivity index (χ1v) is 36.4. The first-order chi connectivity index (χ1) is 39.1. The van der Waals surface area contributed by atoms with Gasteiger partial charge in [-0.2, -0.15) is 0 Å². The van der Waals surface area contributed by atoms with Gasteiger partial charge in [-0.3, -0.25) is 9.59 Å². The minimum absolute atomic E-state index is 0.0574. The van der Waals surface area contributed by atoms with Crippen molar-refractivity contribution >= 4 is 11.9 Å². The predicted octanol–water partition coefficient (Wildman–Crippen LogP) is 25.2. The van der Waals surface area contributed by atoms with Gasteiger partial charge < -0.3 is 14.6 Å². The molecule has 0 aromatic rings. The van der Waals surface area contributed by atoms with Crippen molar-refractivity contribution < 1.29 is 24.2 Å². The highest BCUT2D eigenvalue weighted by molar-refractivity contribution is 5.70. The van der Waals surface area contributed by atoms with E-state index >= 15 is 0 Å². The molecular weight excluding hydrogens is 969 g/mol. The van der Waals surface area contributed by atoms with Crippen molar-refractivity contribution in [2.45, 2.75) is 424 Å². The minimum atomic E-state index is -0.768. The van der Waals surface area contributed by atoms with E-state index in [4.69, 9.17) is 9.47 Å². The van der Waals surface area contributed by atoms with Crippen LogP contribution >= 0.6 is 0 Å². The van der Waals surface area contributed by atoms with Crippen molar-refractivity contribution in [3.8, 4) is 0 Å². The van der Waals surface area contributed by atoms with Gasteiger partial charge in [0.05, 0.1) is 6.61 Å². The van der Waals surface area contributed by atoms with Crippen LogP contribution in [0.15, 0.2) is 24.3 Å². The summed E-state index contributed by atoms with van der Waals surface area (Å²) in [5.41, 5.74) is 0. The molecule has 0 aromatic heterocycles. The van der Waals surface area contributed by atoms with E-state index in [0.717, 1.165) is 38.5 Å². The molecule has 1 unspecified atom stereocenters. The minimum Gasteiger partial charge on any atom is -0.462 e. The van der Waals surface area contributed by atoms with Gasteiger partial charge in [0.25, 0.3) is 0 Å². The molecule has 0 amide bonds. The fourth-order valence-electron chi connectivity index (χ4n) is 11.5. The summed E-state index contributed by atoms with van der Waals surface area (Å²) < 4.78 is 10.8. The fourth-order valence-corrected chi connectivity index (χ4v) is 11.5. The van der Waals surface area contributed by atoms with Crippen molar-refractivity contribution in [1.82, 2.24) is 0 Å². The number of rotatable bonds is 69. The van der Waals surface area contributed by atoms with Gasteiger partial charge in [-0.15, -0.1) is 0 Å². The molecule has 468 valence electrons. The molecular formula is C74H142O5. The van der Waals surface area contributed by atoms with Gasteiger partial charge in [-0.05, 0) is 44.9 Å². The molecule has 0 heterocycles. The molecule has 5 heteroatoms. The lowest BCUT2D eigenvalue weighted by atomic mass is 10.0. The zero-order valence-electron chi connectivity index (χ0n) is 53.9. The number of ether oxygens (including phenoxy) is 2. The van der Waals surface area contributed by atoms with E-state index in [9.17, 15) is 14.7 Å². The van der Waals surface area contributed by atoms with Gasteiger partial charge in [0.2, 0.25) is 0 Å². The summed E-state index contributed by atoms with van der Waals surface area (Å²) in [6.45, 7) is 4.21. The van der Waals surface area contributed by atoms with Gasteiger partial charge in [-0.25, -0.2) is 0 Å². The molecule has 0 saturated heterocycles. The molecule has 0 fully saturated rings. The van der Waals surface area contributed by atoms with Gasteiger partial charge in [0, 0.05) is 12.8 Å². The standard InChI is InChI=1S/C74H142O5/c1-3-5-7-9-11-13-15-17-19-21-23-25-27-29-31-33-35-37-39-41-43-45-47-49-51-53-55-57-59-61-63-65-67-69-74(77)79-72(70-75)71-78-73(76)68-66-64-62-60-58-56-54-52-50-48-46-44-42-40-38-36-34-32-30-28-26-24-22-20-18-16-14-12-10-8-6-4-2/h15,17,21,23,72,75H,3-14,16,18-20,22,24-71H2,1-2H3/b17-15-,23-21-. The van der Waals surface area contributed by atoms with Crippen LogP contribution in [0.25, 0.3) is 0 Å². The maximum Gasteiger partial charge on any atom is 0.306 e. The molecule has 0 rings (SSSR count). The van der Waals surface area contributed by atoms with Crippen LogP contribution in [0, 0.1) is 0 Å². The van der Waals surface area contributed by atoms with Gasteiger partial charge in [-0.1, -0.05) is 385 Å². The lowest BCUT2D eigenvalue weighted by Gasteiger charge is -2.15. The Morgan fingerprint density at radius 2 is 0.506 bits per heavy atom. The Hall–Kier alpha value is -1.62. The smallest absolute Gasteiger partial charge is 0.306 e. The Kier molecular flexibility index (Phi) is 69.2. The number of aliphatic hydroxyl groups is 1. The van der Waals surface area contributed by atoms with Crippen LogP contribution in [-0.2, 0) is 19.1 Å². The maximum atomic E-state index is 12.4. The van der Waals surface area contributed by atoms with E-state index in [0.29, 0.717) is 12.8 Å². The molecule has 1 N–H and O–H groups in total. The van der Waals surface area contributed by atoms with Gasteiger partial charge in [0.15, 0.2) is 6.10 Å². The van der Waals surface area contributed by atoms with E-state index in [-0.39, 0.29) is 25.2 Å². The molecule has 0 aliphatic heterocycles. The molecule has 0 spiro atoms. The second-order valence-electron chi connectivity index (χ2n) is 25.0. The summed E-state index contributed by atoms with van der Waals surface area (Å²) in [6.07, 6.45) is 92.4. The van der Waals surface area contributed by atoms with Crippen molar-refractivity contribution in [2.24, 2.45) is 0 Å². The molecule has 1 atom stereocenters. The predicted molar refractivity (Wildman–Crippen MR) is 348 cm³/mol. The van der Waals surface area contributed by atoms with Crippen LogP contribution in [0.5, 0.6) is 0 Å². The second-order valence-corrected chi connectivity index (χ2v) is 25.0. The summed E-state index contributed by atoms with van der Waals surface area (Å²) >= 11 is 0. The largest absolute Gasteiger partial charge is 0.462 e. The van der Waals surface area contributed by atoms with E-state index < -0.39 is 6.10 Å². The van der Waals surface area contributed by atoms with Crippen molar-refractivity contribution in [3.05, 3.63) is 24.3 Å². The zero-order chi connectivity index (χ0) is 56.9. The van der Waals surface area contributed by atoms with Gasteiger partial charge >= 0.3 is 11.9 Å². The third-order valence-electron chi connectivity index (χ3n) is 17.0. The molecule has 0 aliphatic carbocycles. The van der Waals surface area contributed by atoms with Gasteiger partial charge in [0.1, 0.15) is 6.61 Å². The van der Waals surface area contributed by atoms with Crippen LogP contribution in [0.1, 0.15) is 418 Å². The number of allylic oxidation sites excluding steroid dienone is 4. The number of unbranched alkanes of at least 4 members (excludes halogenated alkanes) is 57. The molecule has 0 aliphatic rings. The molecule has 79 heavy (non-hydrogen) atoms. The zero-order valence-corrected chi connectivity index (χ0v) is 53.9. The number of carbonyl (C=O) groups is 2. The van der Waals surface area contributed by atoms with Crippen molar-refractivity contribution in [3.63, 3.8) is 0 Å². The van der Waals surface area contributed by atoms with Crippen LogP contribution in [-0.4, -0.2) is 36.4 Å². The maximum absolute atomic E-state index is 12.4. The van der Waals surface area contributed by atoms with Crippen LogP contribution in [0.4, 0.5) is 0 Å². The monoisotopic (exact) mass is 1110 g/mol. The van der Waals surface area contributed by atoms with E-state index in [1.165, 1.54) is 353 Å². The SMILES string of the molecule is CCCCCCC/C=C\C/C=C\CCCCCCCCCCCCCCCCCCCCCCCC(=O)OC(CO)COC(=O)CCCCCCCCCCCCCCCCCCCCCCCCCCCCCCCCCC. The normalized spacial score (nSPS) is 12.2. The molecule has 0 saturated carbocycles. The Morgan fingerprint density at radius 3 is 0.747 bits per heavy atom. The quantitative estimate of drug-likeness (QED) is 0.0373. The number of aliphatic hydroxyl groups excluding tert-OH is 1. The topological polar surface area (TPSA) is 72.8 Å². The Labute approximate surface area is 495 Å². The average Bonchev–Trinajstić information content (AvgIpc) is 3.45. The van der Waals surface area contributed by atoms with E-state index in [2.05, 4.69) is 38.2 Å². The van der Waals surface area contributed by atoms with Crippen molar-refractivity contribution in [2.75, 3.05) is 13.2 Å². The highest BCUT2D eigenvalue weighted by atomic mass is 16.6. The first-order valence-electron chi connectivity index (χ1n) is 36.4. The highest BCUT2D eigenvalue weighted by Crippen LogP contribution is 2.20. The van der Waals surface area contributed by atoms with Crippen LogP contribution in [0.3, 0.4) is 0 Å². The average molecular weight is 1110 g/mol. The number of carbonyl (C=O) groups excluding carboxylic acids is 2. The molecule has 0 aromatic carbocycles. The fraction of sp³-hybridized carbons (Fsp3) is 0.919. The molecule has 0 radical (unpaired) electrons. The van der Waals surface area contributed by atoms with E-state index in [1.54, 1.807) is 0 Å². The second kappa shape index (κ2) is 70.6. The third-order valence-corrected chi connectivity index (χ3v) is 17.0. The Bertz CT molecular complexity index is 1210. The lowest BCUT2D eigenvalue weighted by Crippen LogP contribution is -2.28.